The van der Waals surface area contributed by atoms with E-state index >= 15 is 0 Å². The van der Waals surface area contributed by atoms with Crippen LogP contribution in [0.15, 0.2) is 70.0 Å². The van der Waals surface area contributed by atoms with Gasteiger partial charge in [-0.1, -0.05) is 48.0 Å². The van der Waals surface area contributed by atoms with E-state index in [1.54, 1.807) is 12.1 Å². The number of rotatable bonds is 4. The normalized spacial score (nSPS) is 15.6. The van der Waals surface area contributed by atoms with Crippen molar-refractivity contribution in [1.29, 1.82) is 0 Å². The Morgan fingerprint density at radius 3 is 2.61 bits per heavy atom. The van der Waals surface area contributed by atoms with E-state index in [-0.39, 0.29) is 16.5 Å². The molecule has 0 bridgehead atoms. The summed E-state index contributed by atoms with van der Waals surface area (Å²) in [5, 5.41) is -0.243. The number of halogens is 2. The van der Waals surface area contributed by atoms with Gasteiger partial charge < -0.3 is 4.42 Å². The van der Waals surface area contributed by atoms with E-state index in [1.807, 2.05) is 36.4 Å². The van der Waals surface area contributed by atoms with Gasteiger partial charge in [0, 0.05) is 16.7 Å². The van der Waals surface area contributed by atoms with Crippen LogP contribution in [0, 0.1) is 5.82 Å². The fourth-order valence-corrected chi connectivity index (χ4v) is 3.82. The van der Waals surface area contributed by atoms with Crippen LogP contribution >= 0.6 is 23.4 Å². The van der Waals surface area contributed by atoms with Gasteiger partial charge in [-0.2, -0.15) is 0 Å². The first kappa shape index (κ1) is 18.5. The van der Waals surface area contributed by atoms with E-state index in [4.69, 9.17) is 16.0 Å². The van der Waals surface area contributed by atoms with E-state index in [9.17, 15) is 14.0 Å². The zero-order valence-corrected chi connectivity index (χ0v) is 16.0. The number of furan rings is 1. The first-order valence-corrected chi connectivity index (χ1v) is 9.55. The summed E-state index contributed by atoms with van der Waals surface area (Å²) in [6.07, 6.45) is 1.55. The minimum Gasteiger partial charge on any atom is -0.457 e. The second kappa shape index (κ2) is 7.66. The monoisotopic (exact) mass is 413 g/mol. The standard InChI is InChI=1S/C21H13ClFNO3S/c22-17-10-15(23)7-6-14(17)12-24-20(25)19(28-21(24)26)11-16-8-9-18(27-16)13-4-2-1-3-5-13/h1-11H,12H2/b19-11-. The Balaban J connectivity index is 1.54. The maximum absolute atomic E-state index is 13.2. The molecule has 4 nitrogen and oxygen atoms in total. The minimum absolute atomic E-state index is 0.0193. The molecule has 2 amide bonds. The molecule has 1 aromatic heterocycles. The average Bonchev–Trinajstić information content (AvgIpc) is 3.25. The Morgan fingerprint density at radius 1 is 1.07 bits per heavy atom. The Hall–Kier alpha value is -2.83. The van der Waals surface area contributed by atoms with Crippen LogP contribution in [-0.4, -0.2) is 16.0 Å². The summed E-state index contributed by atoms with van der Waals surface area (Å²) in [5.41, 5.74) is 1.41. The predicted octanol–water partition coefficient (Wildman–Crippen LogP) is 5.98. The smallest absolute Gasteiger partial charge is 0.293 e. The van der Waals surface area contributed by atoms with Gasteiger partial charge in [0.15, 0.2) is 0 Å². The summed E-state index contributed by atoms with van der Waals surface area (Å²) >= 11 is 6.84. The molecular formula is C21H13ClFNO3S. The molecule has 2 aromatic carbocycles. The Labute approximate surface area is 169 Å². The van der Waals surface area contributed by atoms with Crippen molar-refractivity contribution in [2.24, 2.45) is 0 Å². The quantitative estimate of drug-likeness (QED) is 0.494. The van der Waals surface area contributed by atoms with E-state index in [1.165, 1.54) is 12.1 Å². The maximum Gasteiger partial charge on any atom is 0.293 e. The summed E-state index contributed by atoms with van der Waals surface area (Å²) in [5.74, 6) is 0.233. The van der Waals surface area contributed by atoms with Crippen LogP contribution in [0.4, 0.5) is 9.18 Å². The number of nitrogens with zero attached hydrogens (tertiary/aromatic N) is 1. The molecule has 3 aromatic rings. The van der Waals surface area contributed by atoms with Gasteiger partial charge in [0.05, 0.1) is 11.4 Å². The third-order valence-electron chi connectivity index (χ3n) is 4.18. The van der Waals surface area contributed by atoms with Crippen LogP contribution in [0.1, 0.15) is 11.3 Å². The lowest BCUT2D eigenvalue weighted by Gasteiger charge is -2.13. The molecule has 0 radical (unpaired) electrons. The third-order valence-corrected chi connectivity index (χ3v) is 5.43. The number of amides is 2. The Bertz CT molecular complexity index is 1090. The number of thioether (sulfide) groups is 1. The van der Waals surface area contributed by atoms with Crippen LogP contribution < -0.4 is 0 Å². The number of carbonyl (C=O) groups excluding carboxylic acids is 2. The summed E-state index contributed by atoms with van der Waals surface area (Å²) < 4.78 is 19.0. The van der Waals surface area contributed by atoms with Crippen LogP contribution in [0.25, 0.3) is 17.4 Å². The molecule has 0 spiro atoms. The Kier molecular flexibility index (Phi) is 5.07. The highest BCUT2D eigenvalue weighted by atomic mass is 35.5. The first-order valence-electron chi connectivity index (χ1n) is 8.36. The SMILES string of the molecule is O=C1S/C(=C\c2ccc(-c3ccccc3)o2)C(=O)N1Cc1ccc(F)cc1Cl. The van der Waals surface area contributed by atoms with E-state index in [0.717, 1.165) is 28.3 Å². The lowest BCUT2D eigenvalue weighted by atomic mass is 10.2. The molecular weight excluding hydrogens is 401 g/mol. The number of hydrogen-bond donors (Lipinski definition) is 0. The third kappa shape index (κ3) is 3.74. The fraction of sp³-hybridized carbons (Fsp3) is 0.0476. The molecule has 1 aliphatic heterocycles. The Morgan fingerprint density at radius 2 is 1.86 bits per heavy atom. The summed E-state index contributed by atoms with van der Waals surface area (Å²) in [4.78, 5) is 26.3. The zero-order valence-electron chi connectivity index (χ0n) is 14.4. The van der Waals surface area contributed by atoms with E-state index in [0.29, 0.717) is 17.1 Å². The average molecular weight is 414 g/mol. The first-order chi connectivity index (χ1) is 13.5. The van der Waals surface area contributed by atoms with Crippen molar-refractivity contribution in [1.82, 2.24) is 4.90 Å². The van der Waals surface area contributed by atoms with Crippen molar-refractivity contribution in [3.05, 3.63) is 87.7 Å². The lowest BCUT2D eigenvalue weighted by Crippen LogP contribution is -2.27. The summed E-state index contributed by atoms with van der Waals surface area (Å²) in [7, 11) is 0. The van der Waals surface area contributed by atoms with Crippen molar-refractivity contribution < 1.29 is 18.4 Å². The van der Waals surface area contributed by atoms with Crippen molar-refractivity contribution in [3.8, 4) is 11.3 Å². The van der Waals surface area contributed by atoms with E-state index < -0.39 is 17.0 Å². The van der Waals surface area contributed by atoms with Gasteiger partial charge in [-0.05, 0) is 41.6 Å². The molecule has 140 valence electrons. The van der Waals surface area contributed by atoms with Crippen LogP contribution in [0.5, 0.6) is 0 Å². The molecule has 28 heavy (non-hydrogen) atoms. The van der Waals surface area contributed by atoms with Gasteiger partial charge in [0.25, 0.3) is 11.1 Å². The number of benzene rings is 2. The van der Waals surface area contributed by atoms with Crippen LogP contribution in [0.2, 0.25) is 5.02 Å². The van der Waals surface area contributed by atoms with E-state index in [2.05, 4.69) is 0 Å². The van der Waals surface area contributed by atoms with Gasteiger partial charge in [0.2, 0.25) is 0 Å². The molecule has 1 fully saturated rings. The maximum atomic E-state index is 13.2. The molecule has 1 aliphatic rings. The fourth-order valence-electron chi connectivity index (χ4n) is 2.77. The van der Waals surface area contributed by atoms with Crippen molar-refractivity contribution in [2.45, 2.75) is 6.54 Å². The summed E-state index contributed by atoms with van der Waals surface area (Å²) in [6.45, 7) is -0.0193. The van der Waals surface area contributed by atoms with Crippen molar-refractivity contribution >= 4 is 40.6 Å². The van der Waals surface area contributed by atoms with Gasteiger partial charge in [-0.3, -0.25) is 14.5 Å². The summed E-state index contributed by atoms with van der Waals surface area (Å²) in [6, 6.07) is 17.0. The van der Waals surface area contributed by atoms with Crippen LogP contribution in [0.3, 0.4) is 0 Å². The van der Waals surface area contributed by atoms with Crippen LogP contribution in [-0.2, 0) is 11.3 Å². The highest BCUT2D eigenvalue weighted by molar-refractivity contribution is 8.18. The van der Waals surface area contributed by atoms with Crippen molar-refractivity contribution in [2.75, 3.05) is 0 Å². The largest absolute Gasteiger partial charge is 0.457 e. The molecule has 4 rings (SSSR count). The molecule has 0 atom stereocenters. The predicted molar refractivity (Wildman–Crippen MR) is 107 cm³/mol. The van der Waals surface area contributed by atoms with Crippen molar-refractivity contribution in [3.63, 3.8) is 0 Å². The second-order valence-electron chi connectivity index (χ2n) is 6.07. The molecule has 1 saturated heterocycles. The van der Waals surface area contributed by atoms with Gasteiger partial charge in [-0.25, -0.2) is 4.39 Å². The molecule has 2 heterocycles. The zero-order chi connectivity index (χ0) is 19.7. The lowest BCUT2D eigenvalue weighted by molar-refractivity contribution is -0.123. The molecule has 0 unspecified atom stereocenters. The molecule has 0 aliphatic carbocycles. The highest BCUT2D eigenvalue weighted by Gasteiger charge is 2.35. The number of carbonyl (C=O) groups is 2. The topological polar surface area (TPSA) is 50.5 Å². The van der Waals surface area contributed by atoms with Gasteiger partial charge >= 0.3 is 0 Å². The molecule has 0 saturated carbocycles. The van der Waals surface area contributed by atoms with Gasteiger partial charge in [-0.15, -0.1) is 0 Å². The van der Waals surface area contributed by atoms with Gasteiger partial charge in [0.1, 0.15) is 17.3 Å². The number of imide groups is 1. The molecule has 0 N–H and O–H groups in total. The number of hydrogen-bond acceptors (Lipinski definition) is 4. The molecule has 7 heteroatoms. The highest BCUT2D eigenvalue weighted by Crippen LogP contribution is 2.35. The minimum atomic E-state index is -0.477. The second-order valence-corrected chi connectivity index (χ2v) is 7.47.